The molecule has 128 valence electrons. The van der Waals surface area contributed by atoms with E-state index >= 15 is 0 Å². The Morgan fingerprint density at radius 2 is 1.96 bits per heavy atom. The number of anilines is 2. The van der Waals surface area contributed by atoms with Gasteiger partial charge in [-0.2, -0.15) is 5.10 Å². The molecule has 0 unspecified atom stereocenters. The molecule has 1 amide bonds. The minimum absolute atomic E-state index is 0.129. The second-order valence-corrected chi connectivity index (χ2v) is 7.35. The van der Waals surface area contributed by atoms with E-state index in [1.807, 2.05) is 32.0 Å². The number of para-hydroxylation sites is 1. The highest BCUT2D eigenvalue weighted by Gasteiger charge is 2.30. The summed E-state index contributed by atoms with van der Waals surface area (Å²) in [6.07, 6.45) is 0. The number of nitrogens with zero attached hydrogens (tertiary/aromatic N) is 3. The molecule has 6 nitrogen and oxygen atoms in total. The minimum Gasteiger partial charge on any atom is -0.397 e. The van der Waals surface area contributed by atoms with Crippen LogP contribution < -0.4 is 16.0 Å². The van der Waals surface area contributed by atoms with Gasteiger partial charge in [0.15, 0.2) is 0 Å². The summed E-state index contributed by atoms with van der Waals surface area (Å²) in [5.74, 6) is -0.129. The van der Waals surface area contributed by atoms with Crippen LogP contribution >= 0.6 is 11.3 Å². The number of aryl methyl sites for hydroxylation is 2. The molecule has 3 N–H and O–H groups in total. The van der Waals surface area contributed by atoms with Crippen molar-refractivity contribution in [2.45, 2.75) is 19.9 Å². The summed E-state index contributed by atoms with van der Waals surface area (Å²) in [4.78, 5) is 16.1. The number of thiophene rings is 1. The SMILES string of the molecule is Cc1nnc2sc(C(=O)NC3CN(c4ccccc4)C3)c(N)c2c1C. The number of amides is 1. The molecule has 0 saturated carbocycles. The second kappa shape index (κ2) is 6.00. The van der Waals surface area contributed by atoms with Gasteiger partial charge in [-0.25, -0.2) is 0 Å². The van der Waals surface area contributed by atoms with Crippen molar-refractivity contribution >= 4 is 38.8 Å². The van der Waals surface area contributed by atoms with Crippen molar-refractivity contribution in [2.75, 3.05) is 23.7 Å². The quantitative estimate of drug-likeness (QED) is 0.756. The summed E-state index contributed by atoms with van der Waals surface area (Å²) in [6.45, 7) is 5.46. The first-order valence-electron chi connectivity index (χ1n) is 8.17. The van der Waals surface area contributed by atoms with Crippen molar-refractivity contribution < 1.29 is 4.79 Å². The van der Waals surface area contributed by atoms with Crippen molar-refractivity contribution in [3.8, 4) is 0 Å². The van der Waals surface area contributed by atoms with Crippen molar-refractivity contribution in [3.05, 3.63) is 46.5 Å². The maximum Gasteiger partial charge on any atom is 0.263 e. The average molecular weight is 353 g/mol. The Morgan fingerprint density at radius 3 is 2.68 bits per heavy atom. The number of fused-ring (bicyclic) bond motifs is 1. The molecule has 0 aliphatic carbocycles. The predicted molar refractivity (Wildman–Crippen MR) is 101 cm³/mol. The normalized spacial score (nSPS) is 14.6. The Bertz CT molecular complexity index is 947. The van der Waals surface area contributed by atoms with E-state index in [4.69, 9.17) is 5.73 Å². The van der Waals surface area contributed by atoms with E-state index in [0.717, 1.165) is 29.7 Å². The molecular formula is C18H19N5OS. The maximum absolute atomic E-state index is 12.6. The first kappa shape index (κ1) is 15.8. The van der Waals surface area contributed by atoms with Crippen LogP contribution in [0.4, 0.5) is 11.4 Å². The predicted octanol–water partition coefficient (Wildman–Crippen LogP) is 2.51. The molecule has 0 bridgehead atoms. The zero-order valence-electron chi connectivity index (χ0n) is 14.1. The van der Waals surface area contributed by atoms with E-state index in [1.165, 1.54) is 17.0 Å². The summed E-state index contributed by atoms with van der Waals surface area (Å²) < 4.78 is 0. The molecular weight excluding hydrogens is 334 g/mol. The topological polar surface area (TPSA) is 84.1 Å². The molecule has 1 aliphatic heterocycles. The van der Waals surface area contributed by atoms with Crippen LogP contribution in [0, 0.1) is 13.8 Å². The van der Waals surface area contributed by atoms with Gasteiger partial charge in [0.1, 0.15) is 9.71 Å². The van der Waals surface area contributed by atoms with Gasteiger partial charge in [0, 0.05) is 24.2 Å². The number of nitrogen functional groups attached to an aromatic ring is 1. The molecule has 0 radical (unpaired) electrons. The van der Waals surface area contributed by atoms with Crippen LogP contribution in [-0.2, 0) is 0 Å². The molecule has 0 spiro atoms. The van der Waals surface area contributed by atoms with Crippen LogP contribution in [0.3, 0.4) is 0 Å². The van der Waals surface area contributed by atoms with Gasteiger partial charge in [-0.3, -0.25) is 4.79 Å². The lowest BCUT2D eigenvalue weighted by Gasteiger charge is -2.41. The molecule has 1 fully saturated rings. The number of rotatable bonds is 3. The second-order valence-electron chi connectivity index (χ2n) is 6.35. The average Bonchev–Trinajstić information content (AvgIpc) is 2.92. The van der Waals surface area contributed by atoms with Crippen LogP contribution in [0.2, 0.25) is 0 Å². The van der Waals surface area contributed by atoms with Crippen LogP contribution in [0.5, 0.6) is 0 Å². The smallest absolute Gasteiger partial charge is 0.263 e. The molecule has 0 atom stereocenters. The Morgan fingerprint density at radius 1 is 1.24 bits per heavy atom. The van der Waals surface area contributed by atoms with Crippen LogP contribution in [0.25, 0.3) is 10.2 Å². The highest BCUT2D eigenvalue weighted by atomic mass is 32.1. The number of hydrogen-bond donors (Lipinski definition) is 2. The summed E-state index contributed by atoms with van der Waals surface area (Å²) in [7, 11) is 0. The molecule has 1 saturated heterocycles. The third kappa shape index (κ3) is 2.70. The number of nitrogens with two attached hydrogens (primary N) is 1. The van der Waals surface area contributed by atoms with Gasteiger partial charge in [-0.1, -0.05) is 18.2 Å². The Kier molecular flexibility index (Phi) is 3.80. The molecule has 2 aromatic heterocycles. The molecule has 3 heterocycles. The van der Waals surface area contributed by atoms with Gasteiger partial charge in [0.05, 0.1) is 17.4 Å². The molecule has 7 heteroatoms. The summed E-state index contributed by atoms with van der Waals surface area (Å²) >= 11 is 1.30. The monoisotopic (exact) mass is 353 g/mol. The molecule has 25 heavy (non-hydrogen) atoms. The first-order chi connectivity index (χ1) is 12.0. The Labute approximate surface area is 149 Å². The van der Waals surface area contributed by atoms with Crippen molar-refractivity contribution in [3.63, 3.8) is 0 Å². The third-order valence-corrected chi connectivity index (χ3v) is 5.77. The lowest BCUT2D eigenvalue weighted by molar-refractivity contribution is 0.0935. The van der Waals surface area contributed by atoms with Crippen LogP contribution in [0.1, 0.15) is 20.9 Å². The fourth-order valence-electron chi connectivity index (χ4n) is 3.08. The minimum atomic E-state index is -0.129. The first-order valence-corrected chi connectivity index (χ1v) is 8.99. The Hall–Kier alpha value is -2.67. The van der Waals surface area contributed by atoms with Crippen LogP contribution in [0.15, 0.2) is 30.3 Å². The third-order valence-electron chi connectivity index (χ3n) is 4.68. The molecule has 1 aliphatic rings. The van der Waals surface area contributed by atoms with E-state index in [2.05, 4.69) is 32.5 Å². The fourth-order valence-corrected chi connectivity index (χ4v) is 4.08. The summed E-state index contributed by atoms with van der Waals surface area (Å²) in [6, 6.07) is 10.3. The van der Waals surface area contributed by atoms with E-state index < -0.39 is 0 Å². The highest BCUT2D eigenvalue weighted by Crippen LogP contribution is 2.35. The standard InChI is InChI=1S/C18H19N5OS/c1-10-11(2)21-22-18-14(10)15(19)16(25-18)17(24)20-12-8-23(9-12)13-6-4-3-5-7-13/h3-7,12H,8-9,19H2,1-2H3,(H,20,24). The Balaban J connectivity index is 1.49. The summed E-state index contributed by atoms with van der Waals surface area (Å²) in [5.41, 5.74) is 9.74. The lowest BCUT2D eigenvalue weighted by atomic mass is 10.1. The van der Waals surface area contributed by atoms with Crippen molar-refractivity contribution in [1.82, 2.24) is 15.5 Å². The van der Waals surface area contributed by atoms with E-state index in [9.17, 15) is 4.79 Å². The van der Waals surface area contributed by atoms with Gasteiger partial charge >= 0.3 is 0 Å². The number of carbonyl (C=O) groups excluding carboxylic acids is 1. The molecule has 3 aromatic rings. The zero-order valence-corrected chi connectivity index (χ0v) is 14.9. The lowest BCUT2D eigenvalue weighted by Crippen LogP contribution is -2.59. The van der Waals surface area contributed by atoms with Gasteiger partial charge < -0.3 is 16.0 Å². The number of aromatic nitrogens is 2. The van der Waals surface area contributed by atoms with Gasteiger partial charge in [0.2, 0.25) is 0 Å². The van der Waals surface area contributed by atoms with E-state index in [1.54, 1.807) is 0 Å². The zero-order chi connectivity index (χ0) is 17.6. The van der Waals surface area contributed by atoms with Gasteiger partial charge in [-0.15, -0.1) is 16.4 Å². The van der Waals surface area contributed by atoms with E-state index in [0.29, 0.717) is 15.4 Å². The maximum atomic E-state index is 12.6. The van der Waals surface area contributed by atoms with Crippen molar-refractivity contribution in [1.29, 1.82) is 0 Å². The summed E-state index contributed by atoms with van der Waals surface area (Å²) in [5, 5.41) is 12.2. The number of nitrogens with one attached hydrogen (secondary N) is 1. The molecule has 4 rings (SSSR count). The molecule has 1 aromatic carbocycles. The van der Waals surface area contributed by atoms with Crippen LogP contribution in [-0.4, -0.2) is 35.2 Å². The van der Waals surface area contributed by atoms with Gasteiger partial charge in [-0.05, 0) is 31.5 Å². The number of carbonyl (C=O) groups is 1. The van der Waals surface area contributed by atoms with E-state index in [-0.39, 0.29) is 11.9 Å². The highest BCUT2D eigenvalue weighted by molar-refractivity contribution is 7.21. The number of hydrogen-bond acceptors (Lipinski definition) is 6. The number of benzene rings is 1. The fraction of sp³-hybridized carbons (Fsp3) is 0.278. The van der Waals surface area contributed by atoms with Gasteiger partial charge in [0.25, 0.3) is 5.91 Å². The largest absolute Gasteiger partial charge is 0.397 e. The van der Waals surface area contributed by atoms with Crippen molar-refractivity contribution in [2.24, 2.45) is 0 Å².